The molecule has 0 unspecified atom stereocenters. The summed E-state index contributed by atoms with van der Waals surface area (Å²) in [7, 11) is -3.67. The fourth-order valence-corrected chi connectivity index (χ4v) is 4.79. The molecule has 2 aromatic heterocycles. The van der Waals surface area contributed by atoms with Crippen molar-refractivity contribution in [2.75, 3.05) is 31.1 Å². The summed E-state index contributed by atoms with van der Waals surface area (Å²) in [6.45, 7) is 3.17. The first-order chi connectivity index (χ1) is 13.4. The number of halogens is 1. The first-order valence-corrected chi connectivity index (χ1v) is 10.1. The van der Waals surface area contributed by atoms with Crippen molar-refractivity contribution >= 4 is 15.8 Å². The van der Waals surface area contributed by atoms with Crippen molar-refractivity contribution in [3.05, 3.63) is 54.6 Å². The first-order valence-electron chi connectivity index (χ1n) is 8.63. The Hall–Kier alpha value is -2.92. The molecule has 0 spiro atoms. The number of benzene rings is 1. The van der Waals surface area contributed by atoms with Crippen LogP contribution in [0.1, 0.15) is 5.56 Å². The molecule has 4 rings (SSSR count). The van der Waals surface area contributed by atoms with Crippen LogP contribution in [0.5, 0.6) is 0 Å². The van der Waals surface area contributed by atoms with Gasteiger partial charge in [-0.3, -0.25) is 0 Å². The summed E-state index contributed by atoms with van der Waals surface area (Å²) in [5.41, 5.74) is 0.399. The molecular formula is C17H18FN7O2S. The molecule has 3 aromatic rings. The summed E-state index contributed by atoms with van der Waals surface area (Å²) in [6, 6.07) is 5.50. The van der Waals surface area contributed by atoms with Gasteiger partial charge in [-0.2, -0.15) is 9.40 Å². The molecule has 1 aliphatic rings. The van der Waals surface area contributed by atoms with Crippen LogP contribution in [0, 0.1) is 12.7 Å². The van der Waals surface area contributed by atoms with Crippen LogP contribution in [0.3, 0.4) is 0 Å². The van der Waals surface area contributed by atoms with Crippen molar-refractivity contribution in [3.8, 4) is 5.82 Å². The second-order valence-corrected chi connectivity index (χ2v) is 8.28. The topological polar surface area (TPSA) is 97.1 Å². The smallest absolute Gasteiger partial charge is 0.243 e. The third-order valence-electron chi connectivity index (χ3n) is 4.61. The van der Waals surface area contributed by atoms with Crippen LogP contribution < -0.4 is 4.90 Å². The van der Waals surface area contributed by atoms with Crippen molar-refractivity contribution < 1.29 is 12.8 Å². The molecule has 1 aliphatic heterocycles. The van der Waals surface area contributed by atoms with Gasteiger partial charge in [0.15, 0.2) is 5.82 Å². The van der Waals surface area contributed by atoms with Gasteiger partial charge >= 0.3 is 0 Å². The lowest BCUT2D eigenvalue weighted by Gasteiger charge is -2.34. The molecule has 146 valence electrons. The highest BCUT2D eigenvalue weighted by Gasteiger charge is 2.30. The van der Waals surface area contributed by atoms with Gasteiger partial charge in [0, 0.05) is 32.2 Å². The Labute approximate surface area is 161 Å². The number of aromatic nitrogens is 5. The summed E-state index contributed by atoms with van der Waals surface area (Å²) in [6.07, 6.45) is 4.40. The molecule has 0 bridgehead atoms. The molecule has 1 saturated heterocycles. The quantitative estimate of drug-likeness (QED) is 0.641. The Morgan fingerprint density at radius 2 is 1.75 bits per heavy atom. The van der Waals surface area contributed by atoms with E-state index in [0.717, 1.165) is 0 Å². The lowest BCUT2D eigenvalue weighted by Crippen LogP contribution is -2.49. The molecule has 11 heteroatoms. The Morgan fingerprint density at radius 3 is 2.43 bits per heavy atom. The Bertz CT molecular complexity index is 1080. The molecule has 1 aromatic carbocycles. The molecule has 1 fully saturated rings. The van der Waals surface area contributed by atoms with Crippen LogP contribution in [0.2, 0.25) is 0 Å². The Kier molecular flexibility index (Phi) is 4.77. The third kappa shape index (κ3) is 3.45. The van der Waals surface area contributed by atoms with Crippen LogP contribution in [-0.4, -0.2) is 63.6 Å². The van der Waals surface area contributed by atoms with E-state index in [4.69, 9.17) is 0 Å². The van der Waals surface area contributed by atoms with Gasteiger partial charge in [-0.05, 0) is 30.7 Å². The summed E-state index contributed by atoms with van der Waals surface area (Å²) >= 11 is 0. The third-order valence-corrected chi connectivity index (χ3v) is 6.67. The zero-order valence-corrected chi connectivity index (χ0v) is 15.9. The van der Waals surface area contributed by atoms with E-state index in [1.165, 1.54) is 39.8 Å². The minimum absolute atomic E-state index is 0.137. The zero-order valence-electron chi connectivity index (χ0n) is 15.1. The van der Waals surface area contributed by atoms with Gasteiger partial charge in [0.25, 0.3) is 0 Å². The maximum Gasteiger partial charge on any atom is 0.243 e. The molecule has 0 N–H and O–H groups in total. The highest BCUT2D eigenvalue weighted by Crippen LogP contribution is 2.23. The minimum Gasteiger partial charge on any atom is -0.354 e. The fourth-order valence-electron chi connectivity index (χ4n) is 3.16. The van der Waals surface area contributed by atoms with Crippen molar-refractivity contribution in [2.24, 2.45) is 0 Å². The second-order valence-electron chi connectivity index (χ2n) is 6.38. The number of nitrogens with zero attached hydrogens (tertiary/aromatic N) is 7. The van der Waals surface area contributed by atoms with Crippen molar-refractivity contribution in [3.63, 3.8) is 0 Å². The monoisotopic (exact) mass is 403 g/mol. The number of aryl methyl sites for hydroxylation is 1. The molecule has 9 nitrogen and oxygen atoms in total. The molecule has 0 atom stereocenters. The summed E-state index contributed by atoms with van der Waals surface area (Å²) in [5, 5.41) is 4.05. The average Bonchev–Trinajstić information content (AvgIpc) is 3.23. The van der Waals surface area contributed by atoms with Gasteiger partial charge in [-0.25, -0.2) is 32.4 Å². The normalized spacial score (nSPS) is 15.7. The van der Waals surface area contributed by atoms with Gasteiger partial charge < -0.3 is 4.90 Å². The van der Waals surface area contributed by atoms with E-state index in [2.05, 4.69) is 20.1 Å². The highest BCUT2D eigenvalue weighted by atomic mass is 32.2. The van der Waals surface area contributed by atoms with E-state index in [9.17, 15) is 12.8 Å². The molecule has 0 radical (unpaired) electrons. The minimum atomic E-state index is -3.67. The standard InChI is InChI=1S/C17H18FN7O2S/c1-13-8-14(18)2-3-15(13)28(26,27)24-6-4-23(5-7-24)16-9-17(21-11-20-16)25-12-19-10-22-25/h2-3,8-12H,4-7H2,1H3. The van der Waals surface area contributed by atoms with E-state index in [0.29, 0.717) is 43.4 Å². The van der Waals surface area contributed by atoms with E-state index in [-0.39, 0.29) is 4.90 Å². The van der Waals surface area contributed by atoms with Crippen LogP contribution in [0.4, 0.5) is 10.2 Å². The summed E-state index contributed by atoms with van der Waals surface area (Å²) in [4.78, 5) is 14.5. The van der Waals surface area contributed by atoms with Gasteiger partial charge in [0.2, 0.25) is 10.0 Å². The van der Waals surface area contributed by atoms with Gasteiger partial charge in [-0.15, -0.1) is 0 Å². The van der Waals surface area contributed by atoms with Crippen LogP contribution in [0.25, 0.3) is 5.82 Å². The second kappa shape index (κ2) is 7.24. The maximum absolute atomic E-state index is 13.3. The number of hydrogen-bond donors (Lipinski definition) is 0. The number of sulfonamides is 1. The summed E-state index contributed by atoms with van der Waals surface area (Å²) < 4.78 is 42.1. The molecule has 0 saturated carbocycles. The Morgan fingerprint density at radius 1 is 1.00 bits per heavy atom. The predicted molar refractivity (Wildman–Crippen MR) is 99.1 cm³/mol. The van der Waals surface area contributed by atoms with Crippen LogP contribution in [0.15, 0.2) is 48.1 Å². The van der Waals surface area contributed by atoms with Crippen LogP contribution in [-0.2, 0) is 10.0 Å². The maximum atomic E-state index is 13.3. The van der Waals surface area contributed by atoms with E-state index < -0.39 is 15.8 Å². The number of piperazine rings is 1. The van der Waals surface area contributed by atoms with Crippen molar-refractivity contribution in [1.29, 1.82) is 0 Å². The van der Waals surface area contributed by atoms with Gasteiger partial charge in [0.05, 0.1) is 4.90 Å². The molecular weight excluding hydrogens is 385 g/mol. The van der Waals surface area contributed by atoms with Gasteiger partial charge in [0.1, 0.15) is 30.6 Å². The first kappa shape index (κ1) is 18.4. The zero-order chi connectivity index (χ0) is 19.7. The average molecular weight is 403 g/mol. The molecule has 0 aliphatic carbocycles. The summed E-state index contributed by atoms with van der Waals surface area (Å²) in [5.74, 6) is 0.822. The van der Waals surface area contributed by atoms with E-state index in [1.807, 2.05) is 4.90 Å². The molecule has 3 heterocycles. The SMILES string of the molecule is Cc1cc(F)ccc1S(=O)(=O)N1CCN(c2cc(-n3cncn3)ncn2)CC1. The molecule has 0 amide bonds. The largest absolute Gasteiger partial charge is 0.354 e. The van der Waals surface area contributed by atoms with E-state index >= 15 is 0 Å². The number of rotatable bonds is 4. The Balaban J connectivity index is 1.50. The fraction of sp³-hybridized carbons (Fsp3) is 0.294. The van der Waals surface area contributed by atoms with Crippen molar-refractivity contribution in [1.82, 2.24) is 29.0 Å². The number of hydrogen-bond acceptors (Lipinski definition) is 7. The highest BCUT2D eigenvalue weighted by molar-refractivity contribution is 7.89. The van der Waals surface area contributed by atoms with Crippen molar-refractivity contribution in [2.45, 2.75) is 11.8 Å². The lowest BCUT2D eigenvalue weighted by atomic mass is 10.2. The van der Waals surface area contributed by atoms with Crippen LogP contribution >= 0.6 is 0 Å². The lowest BCUT2D eigenvalue weighted by molar-refractivity contribution is 0.383. The number of anilines is 1. The predicted octanol–water partition coefficient (Wildman–Crippen LogP) is 1.02. The van der Waals surface area contributed by atoms with E-state index in [1.54, 1.807) is 19.3 Å². The van der Waals surface area contributed by atoms with Gasteiger partial charge in [-0.1, -0.05) is 0 Å². The molecule has 28 heavy (non-hydrogen) atoms.